The molecule has 0 amide bonds. The highest BCUT2D eigenvalue weighted by Gasteiger charge is 2.31. The van der Waals surface area contributed by atoms with Crippen LogP contribution in [0.3, 0.4) is 0 Å². The molecule has 0 aliphatic heterocycles. The Hall–Kier alpha value is -1.28. The zero-order valence-corrected chi connectivity index (χ0v) is 12.7. The van der Waals surface area contributed by atoms with Crippen LogP contribution in [0.4, 0.5) is 0 Å². The van der Waals surface area contributed by atoms with Gasteiger partial charge >= 0.3 is 0 Å². The molecular weight excluding hydrogens is 246 g/mol. The zero-order valence-electron chi connectivity index (χ0n) is 12.7. The third-order valence-corrected chi connectivity index (χ3v) is 4.53. The van der Waals surface area contributed by atoms with Crippen LogP contribution in [0.2, 0.25) is 0 Å². The minimum atomic E-state index is 0.563. The molecule has 2 heteroatoms. The Balaban J connectivity index is 1.77. The summed E-state index contributed by atoms with van der Waals surface area (Å²) in [6.07, 6.45) is 8.67. The molecule has 0 radical (unpaired) electrons. The maximum absolute atomic E-state index is 5.49. The number of rotatable bonds is 8. The van der Waals surface area contributed by atoms with E-state index >= 15 is 0 Å². The molecule has 0 atom stereocenters. The van der Waals surface area contributed by atoms with Crippen molar-refractivity contribution in [2.45, 2.75) is 45.6 Å². The molecule has 0 bridgehead atoms. The van der Waals surface area contributed by atoms with Gasteiger partial charge in [0.15, 0.2) is 0 Å². The molecule has 0 unspecified atom stereocenters. The minimum absolute atomic E-state index is 0.563. The van der Waals surface area contributed by atoms with E-state index in [1.54, 1.807) is 6.08 Å². The van der Waals surface area contributed by atoms with Gasteiger partial charge in [-0.05, 0) is 42.4 Å². The van der Waals surface area contributed by atoms with Crippen LogP contribution in [0.15, 0.2) is 36.9 Å². The Kier molecular flexibility index (Phi) is 5.66. The monoisotopic (exact) mass is 273 g/mol. The van der Waals surface area contributed by atoms with Crippen molar-refractivity contribution in [1.29, 1.82) is 0 Å². The first kappa shape index (κ1) is 15.1. The maximum Gasteiger partial charge on any atom is 0.119 e. The van der Waals surface area contributed by atoms with Crippen molar-refractivity contribution >= 4 is 0 Å². The summed E-state index contributed by atoms with van der Waals surface area (Å²) in [7, 11) is 0. The largest absolute Gasteiger partial charge is 0.490 e. The van der Waals surface area contributed by atoms with E-state index in [0.717, 1.165) is 18.8 Å². The molecule has 1 fully saturated rings. The Bertz CT molecular complexity index is 404. The molecule has 1 N–H and O–H groups in total. The van der Waals surface area contributed by atoms with E-state index < -0.39 is 0 Å². The third kappa shape index (κ3) is 4.11. The predicted octanol–water partition coefficient (Wildman–Crippen LogP) is 4.31. The van der Waals surface area contributed by atoms with Crippen molar-refractivity contribution in [3.05, 3.63) is 42.5 Å². The fourth-order valence-electron chi connectivity index (χ4n) is 3.11. The zero-order chi connectivity index (χ0) is 14.3. The summed E-state index contributed by atoms with van der Waals surface area (Å²) in [6, 6.07) is 8.34. The number of benzene rings is 1. The van der Waals surface area contributed by atoms with E-state index in [9.17, 15) is 0 Å². The molecule has 1 aromatic rings. The normalized spacial score (nSPS) is 17.1. The Morgan fingerprint density at radius 3 is 2.55 bits per heavy atom. The lowest BCUT2D eigenvalue weighted by molar-refractivity contribution is 0.268. The summed E-state index contributed by atoms with van der Waals surface area (Å²) in [5, 5.41) is 3.64. The molecule has 1 saturated carbocycles. The molecule has 2 nitrogen and oxygen atoms in total. The second-order valence-corrected chi connectivity index (χ2v) is 5.91. The quantitative estimate of drug-likeness (QED) is 0.713. The average Bonchev–Trinajstić information content (AvgIpc) is 2.96. The fourth-order valence-corrected chi connectivity index (χ4v) is 3.11. The summed E-state index contributed by atoms with van der Waals surface area (Å²) in [5.41, 5.74) is 1.88. The van der Waals surface area contributed by atoms with Gasteiger partial charge in [-0.25, -0.2) is 0 Å². The number of hydrogen-bond acceptors (Lipinski definition) is 2. The Labute approximate surface area is 123 Å². The molecule has 0 aromatic heterocycles. The van der Waals surface area contributed by atoms with Crippen molar-refractivity contribution in [2.75, 3.05) is 13.2 Å². The van der Waals surface area contributed by atoms with Crippen molar-refractivity contribution in [1.82, 2.24) is 5.32 Å². The van der Waals surface area contributed by atoms with Gasteiger partial charge < -0.3 is 10.1 Å². The summed E-state index contributed by atoms with van der Waals surface area (Å²) in [5.74, 6) is 0.912. The summed E-state index contributed by atoms with van der Waals surface area (Å²) in [4.78, 5) is 0. The van der Waals surface area contributed by atoms with Crippen LogP contribution in [0.25, 0.3) is 0 Å². The first-order chi connectivity index (χ1) is 9.78. The van der Waals surface area contributed by atoms with Crippen LogP contribution in [-0.4, -0.2) is 13.2 Å². The number of nitrogens with one attached hydrogen (secondary N) is 1. The van der Waals surface area contributed by atoms with Crippen LogP contribution < -0.4 is 10.1 Å². The predicted molar refractivity (Wildman–Crippen MR) is 85.0 cm³/mol. The SMILES string of the molecule is C=CCOc1ccc(CNCC2(CC)CCCC2)cc1. The van der Waals surface area contributed by atoms with E-state index in [0.29, 0.717) is 12.0 Å². The fraction of sp³-hybridized carbons (Fsp3) is 0.556. The lowest BCUT2D eigenvalue weighted by atomic mass is 9.83. The van der Waals surface area contributed by atoms with Gasteiger partial charge in [0.1, 0.15) is 12.4 Å². The Morgan fingerprint density at radius 2 is 1.95 bits per heavy atom. The van der Waals surface area contributed by atoms with E-state index in [2.05, 4.69) is 31.0 Å². The number of hydrogen-bond donors (Lipinski definition) is 1. The van der Waals surface area contributed by atoms with E-state index in [1.807, 2.05) is 12.1 Å². The maximum atomic E-state index is 5.49. The van der Waals surface area contributed by atoms with E-state index in [1.165, 1.54) is 37.7 Å². The van der Waals surface area contributed by atoms with E-state index in [-0.39, 0.29) is 0 Å². The van der Waals surface area contributed by atoms with Crippen molar-refractivity contribution in [3.63, 3.8) is 0 Å². The highest BCUT2D eigenvalue weighted by molar-refractivity contribution is 5.27. The topological polar surface area (TPSA) is 21.3 Å². The van der Waals surface area contributed by atoms with Gasteiger partial charge in [0.25, 0.3) is 0 Å². The molecule has 110 valence electrons. The first-order valence-corrected chi connectivity index (χ1v) is 7.81. The van der Waals surface area contributed by atoms with Crippen LogP contribution >= 0.6 is 0 Å². The molecule has 1 aromatic carbocycles. The molecule has 20 heavy (non-hydrogen) atoms. The first-order valence-electron chi connectivity index (χ1n) is 7.81. The average molecular weight is 273 g/mol. The summed E-state index contributed by atoms with van der Waals surface area (Å²) >= 11 is 0. The second-order valence-electron chi connectivity index (χ2n) is 5.91. The molecular formula is C18H27NO. The number of ether oxygens (including phenoxy) is 1. The summed E-state index contributed by atoms with van der Waals surface area (Å²) in [6.45, 7) is 8.65. The minimum Gasteiger partial charge on any atom is -0.490 e. The standard InChI is InChI=1S/C18H27NO/c1-3-13-20-17-9-7-16(8-10-17)14-19-15-18(4-2)11-5-6-12-18/h3,7-10,19H,1,4-6,11-15H2,2H3. The van der Waals surface area contributed by atoms with Crippen molar-refractivity contribution < 1.29 is 4.74 Å². The lowest BCUT2D eigenvalue weighted by Gasteiger charge is -2.27. The van der Waals surface area contributed by atoms with Gasteiger partial charge in [-0.1, -0.05) is 44.6 Å². The Morgan fingerprint density at radius 1 is 1.25 bits per heavy atom. The molecule has 1 aliphatic carbocycles. The van der Waals surface area contributed by atoms with Gasteiger partial charge in [-0.15, -0.1) is 0 Å². The van der Waals surface area contributed by atoms with Crippen molar-refractivity contribution in [3.8, 4) is 5.75 Å². The van der Waals surface area contributed by atoms with Gasteiger partial charge in [0.05, 0.1) is 0 Å². The lowest BCUT2D eigenvalue weighted by Crippen LogP contribution is -2.31. The van der Waals surface area contributed by atoms with Gasteiger partial charge in [0, 0.05) is 13.1 Å². The highest BCUT2D eigenvalue weighted by atomic mass is 16.5. The van der Waals surface area contributed by atoms with Gasteiger partial charge in [-0.3, -0.25) is 0 Å². The molecule has 0 heterocycles. The molecule has 0 spiro atoms. The van der Waals surface area contributed by atoms with Crippen LogP contribution in [0.5, 0.6) is 5.75 Å². The molecule has 2 rings (SSSR count). The molecule has 0 saturated heterocycles. The third-order valence-electron chi connectivity index (χ3n) is 4.53. The van der Waals surface area contributed by atoms with Crippen LogP contribution in [-0.2, 0) is 6.54 Å². The van der Waals surface area contributed by atoms with Crippen LogP contribution in [0, 0.1) is 5.41 Å². The van der Waals surface area contributed by atoms with Crippen molar-refractivity contribution in [2.24, 2.45) is 5.41 Å². The smallest absolute Gasteiger partial charge is 0.119 e. The highest BCUT2D eigenvalue weighted by Crippen LogP contribution is 2.40. The molecule has 1 aliphatic rings. The van der Waals surface area contributed by atoms with Crippen LogP contribution in [0.1, 0.15) is 44.6 Å². The van der Waals surface area contributed by atoms with Gasteiger partial charge in [0.2, 0.25) is 0 Å². The second kappa shape index (κ2) is 7.49. The van der Waals surface area contributed by atoms with E-state index in [4.69, 9.17) is 4.74 Å². The van der Waals surface area contributed by atoms with Gasteiger partial charge in [-0.2, -0.15) is 0 Å². The summed E-state index contributed by atoms with van der Waals surface area (Å²) < 4.78 is 5.49.